The normalized spacial score (nSPS) is 25.8. The fourth-order valence-electron chi connectivity index (χ4n) is 2.94. The maximum atomic E-state index is 10.6. The molecule has 2 rings (SSSR count). The summed E-state index contributed by atoms with van der Waals surface area (Å²) in [5.74, 6) is -0.226. The number of hydrogen-bond donors (Lipinski definition) is 2. The second kappa shape index (κ2) is 5.64. The summed E-state index contributed by atoms with van der Waals surface area (Å²) in [7, 11) is 0. The Hall–Kier alpha value is -0.610. The Bertz CT molecular complexity index is 231. The average molecular weight is 226 g/mol. The van der Waals surface area contributed by atoms with E-state index in [0.29, 0.717) is 12.3 Å². The molecule has 0 atom stereocenters. The Morgan fingerprint density at radius 2 is 1.81 bits per heavy atom. The first-order chi connectivity index (χ1) is 7.75. The molecule has 2 aliphatic heterocycles. The van der Waals surface area contributed by atoms with Crippen LogP contribution in [0.15, 0.2) is 0 Å². The molecule has 0 spiro atoms. The fraction of sp³-hybridized carbons (Fsp3) is 0.917. The zero-order chi connectivity index (χ0) is 11.4. The molecule has 0 aromatic carbocycles. The van der Waals surface area contributed by atoms with Crippen molar-refractivity contribution in [2.75, 3.05) is 26.2 Å². The van der Waals surface area contributed by atoms with E-state index in [9.17, 15) is 4.79 Å². The molecule has 92 valence electrons. The van der Waals surface area contributed by atoms with Crippen molar-refractivity contribution in [3.05, 3.63) is 0 Å². The topological polar surface area (TPSA) is 52.6 Å². The Kier molecular flexibility index (Phi) is 4.18. The minimum Gasteiger partial charge on any atom is -0.481 e. The highest BCUT2D eigenvalue weighted by Crippen LogP contribution is 2.24. The van der Waals surface area contributed by atoms with Gasteiger partial charge < -0.3 is 15.3 Å². The molecule has 0 bridgehead atoms. The van der Waals surface area contributed by atoms with Gasteiger partial charge in [0, 0.05) is 12.5 Å². The fourth-order valence-corrected chi connectivity index (χ4v) is 2.94. The van der Waals surface area contributed by atoms with E-state index in [1.807, 2.05) is 0 Å². The summed E-state index contributed by atoms with van der Waals surface area (Å²) in [6.45, 7) is 4.48. The van der Waals surface area contributed by atoms with Crippen molar-refractivity contribution in [1.29, 1.82) is 0 Å². The van der Waals surface area contributed by atoms with Gasteiger partial charge in [-0.05, 0) is 57.8 Å². The maximum Gasteiger partial charge on any atom is 0.303 e. The van der Waals surface area contributed by atoms with Gasteiger partial charge in [-0.3, -0.25) is 4.79 Å². The van der Waals surface area contributed by atoms with E-state index in [4.69, 9.17) is 5.11 Å². The van der Waals surface area contributed by atoms with Crippen LogP contribution in [0.3, 0.4) is 0 Å². The van der Waals surface area contributed by atoms with Gasteiger partial charge in [-0.2, -0.15) is 0 Å². The van der Waals surface area contributed by atoms with Gasteiger partial charge in [-0.25, -0.2) is 0 Å². The first-order valence-corrected chi connectivity index (χ1v) is 6.42. The molecule has 2 aliphatic rings. The minimum absolute atomic E-state index is 0.361. The zero-order valence-electron chi connectivity index (χ0n) is 9.82. The van der Waals surface area contributed by atoms with Crippen molar-refractivity contribution in [1.82, 2.24) is 10.2 Å². The van der Waals surface area contributed by atoms with Gasteiger partial charge >= 0.3 is 5.97 Å². The highest BCUT2D eigenvalue weighted by atomic mass is 16.4. The Labute approximate surface area is 97.0 Å². The number of likely N-dealkylation sites (tertiary alicyclic amines) is 1. The number of nitrogens with one attached hydrogen (secondary N) is 1. The minimum atomic E-state index is -0.639. The average Bonchev–Trinajstić information content (AvgIpc) is 2.30. The van der Waals surface area contributed by atoms with Crippen LogP contribution in [-0.2, 0) is 4.79 Å². The molecule has 16 heavy (non-hydrogen) atoms. The molecule has 2 fully saturated rings. The molecule has 2 N–H and O–H groups in total. The molecule has 2 saturated heterocycles. The predicted molar refractivity (Wildman–Crippen MR) is 62.4 cm³/mol. The number of aliphatic carboxylic acids is 1. The lowest BCUT2D eigenvalue weighted by atomic mass is 9.91. The first kappa shape index (κ1) is 11.9. The second-order valence-corrected chi connectivity index (χ2v) is 5.06. The lowest BCUT2D eigenvalue weighted by Gasteiger charge is -2.39. The molecule has 4 nitrogen and oxygen atoms in total. The number of piperidine rings is 2. The van der Waals surface area contributed by atoms with E-state index in [1.165, 1.54) is 12.8 Å². The van der Waals surface area contributed by atoms with Crippen LogP contribution in [0.25, 0.3) is 0 Å². The predicted octanol–water partition coefficient (Wildman–Crippen LogP) is 0.925. The Morgan fingerprint density at radius 3 is 2.38 bits per heavy atom. The standard InChI is InChI=1S/C12H22N2O2/c15-12(16)9-10-3-7-14(8-4-10)11-1-5-13-6-2-11/h10-11,13H,1-9H2,(H,15,16). The van der Waals surface area contributed by atoms with Crippen LogP contribution in [-0.4, -0.2) is 48.2 Å². The molecule has 0 aromatic heterocycles. The smallest absolute Gasteiger partial charge is 0.303 e. The van der Waals surface area contributed by atoms with E-state index in [-0.39, 0.29) is 0 Å². The summed E-state index contributed by atoms with van der Waals surface area (Å²) in [4.78, 5) is 13.2. The number of rotatable bonds is 3. The van der Waals surface area contributed by atoms with E-state index in [1.54, 1.807) is 0 Å². The molecule has 4 heteroatoms. The molecular formula is C12H22N2O2. The lowest BCUT2D eigenvalue weighted by Crippen LogP contribution is -2.46. The summed E-state index contributed by atoms with van der Waals surface area (Å²) in [6, 6.07) is 0.743. The van der Waals surface area contributed by atoms with E-state index >= 15 is 0 Å². The van der Waals surface area contributed by atoms with Gasteiger partial charge in [0.1, 0.15) is 0 Å². The van der Waals surface area contributed by atoms with Crippen molar-refractivity contribution in [2.45, 2.75) is 38.1 Å². The molecule has 0 radical (unpaired) electrons. The highest BCUT2D eigenvalue weighted by molar-refractivity contribution is 5.67. The summed E-state index contributed by atoms with van der Waals surface area (Å²) >= 11 is 0. The highest BCUT2D eigenvalue weighted by Gasteiger charge is 2.26. The van der Waals surface area contributed by atoms with Crippen LogP contribution in [0, 0.1) is 5.92 Å². The first-order valence-electron chi connectivity index (χ1n) is 6.42. The Morgan fingerprint density at radius 1 is 1.19 bits per heavy atom. The summed E-state index contributed by atoms with van der Waals surface area (Å²) in [6.07, 6.45) is 5.00. The molecular weight excluding hydrogens is 204 g/mol. The third-order valence-electron chi connectivity index (χ3n) is 3.94. The van der Waals surface area contributed by atoms with Gasteiger partial charge in [-0.15, -0.1) is 0 Å². The van der Waals surface area contributed by atoms with E-state index in [0.717, 1.165) is 45.1 Å². The number of carboxylic acids is 1. The van der Waals surface area contributed by atoms with Crippen molar-refractivity contribution < 1.29 is 9.90 Å². The molecule has 0 saturated carbocycles. The molecule has 0 aliphatic carbocycles. The summed E-state index contributed by atoms with van der Waals surface area (Å²) in [5, 5.41) is 12.1. The van der Waals surface area contributed by atoms with Gasteiger partial charge in [-0.1, -0.05) is 0 Å². The van der Waals surface area contributed by atoms with Crippen LogP contribution in [0.4, 0.5) is 0 Å². The SMILES string of the molecule is O=C(O)CC1CCN(C2CCNCC2)CC1. The zero-order valence-corrected chi connectivity index (χ0v) is 9.82. The van der Waals surface area contributed by atoms with Gasteiger partial charge in [0.25, 0.3) is 0 Å². The van der Waals surface area contributed by atoms with Crippen molar-refractivity contribution >= 4 is 5.97 Å². The monoisotopic (exact) mass is 226 g/mol. The van der Waals surface area contributed by atoms with Crippen LogP contribution >= 0.6 is 0 Å². The van der Waals surface area contributed by atoms with Crippen molar-refractivity contribution in [3.63, 3.8) is 0 Å². The lowest BCUT2D eigenvalue weighted by molar-refractivity contribution is -0.138. The molecule has 0 aromatic rings. The second-order valence-electron chi connectivity index (χ2n) is 5.06. The quantitative estimate of drug-likeness (QED) is 0.751. The van der Waals surface area contributed by atoms with E-state index < -0.39 is 5.97 Å². The number of nitrogens with zero attached hydrogens (tertiary/aromatic N) is 1. The van der Waals surface area contributed by atoms with E-state index in [2.05, 4.69) is 10.2 Å². The molecule has 0 unspecified atom stereocenters. The van der Waals surface area contributed by atoms with Gasteiger partial charge in [0.15, 0.2) is 0 Å². The van der Waals surface area contributed by atoms with Crippen molar-refractivity contribution in [3.8, 4) is 0 Å². The largest absolute Gasteiger partial charge is 0.481 e. The van der Waals surface area contributed by atoms with Crippen LogP contribution < -0.4 is 5.32 Å². The van der Waals surface area contributed by atoms with Gasteiger partial charge in [0.2, 0.25) is 0 Å². The number of carboxylic acid groups (broad SMARTS) is 1. The number of carbonyl (C=O) groups is 1. The summed E-state index contributed by atoms with van der Waals surface area (Å²) in [5.41, 5.74) is 0. The van der Waals surface area contributed by atoms with Crippen molar-refractivity contribution in [2.24, 2.45) is 5.92 Å². The van der Waals surface area contributed by atoms with Gasteiger partial charge in [0.05, 0.1) is 0 Å². The van der Waals surface area contributed by atoms with Crippen LogP contribution in [0.1, 0.15) is 32.1 Å². The third kappa shape index (κ3) is 3.19. The summed E-state index contributed by atoms with van der Waals surface area (Å²) < 4.78 is 0. The number of hydrogen-bond acceptors (Lipinski definition) is 3. The third-order valence-corrected chi connectivity index (χ3v) is 3.94. The molecule has 2 heterocycles. The Balaban J connectivity index is 1.73. The van der Waals surface area contributed by atoms with Crippen LogP contribution in [0.2, 0.25) is 0 Å². The molecule has 0 amide bonds. The maximum absolute atomic E-state index is 10.6. The van der Waals surface area contributed by atoms with Crippen LogP contribution in [0.5, 0.6) is 0 Å².